The lowest BCUT2D eigenvalue weighted by molar-refractivity contribution is 0.0939. The highest BCUT2D eigenvalue weighted by atomic mass is 19.2. The van der Waals surface area contributed by atoms with Crippen molar-refractivity contribution in [2.24, 2.45) is 0 Å². The lowest BCUT2D eigenvalue weighted by Crippen LogP contribution is -2.26. The molecule has 0 saturated heterocycles. The summed E-state index contributed by atoms with van der Waals surface area (Å²) in [4.78, 5) is 12.3. The van der Waals surface area contributed by atoms with Gasteiger partial charge in [0.2, 0.25) is 0 Å². The van der Waals surface area contributed by atoms with Gasteiger partial charge in [0, 0.05) is 5.56 Å². The molecule has 27 heavy (non-hydrogen) atoms. The normalized spacial score (nSPS) is 15.4. The molecule has 2 aromatic carbocycles. The molecular weight excluding hydrogens is 352 g/mol. The molecule has 0 bridgehead atoms. The molecule has 1 aliphatic carbocycles. The van der Waals surface area contributed by atoms with Gasteiger partial charge in [0.1, 0.15) is 0 Å². The van der Waals surface area contributed by atoms with Crippen molar-refractivity contribution in [1.29, 1.82) is 0 Å². The van der Waals surface area contributed by atoms with Crippen LogP contribution in [0.3, 0.4) is 0 Å². The van der Waals surface area contributed by atoms with Gasteiger partial charge in [-0.2, -0.15) is 0 Å². The maximum absolute atomic E-state index is 13.3. The summed E-state index contributed by atoms with van der Waals surface area (Å²) in [5.41, 5.74) is 0.885. The summed E-state index contributed by atoms with van der Waals surface area (Å²) in [5.74, 6) is -1.22. The van der Waals surface area contributed by atoms with Crippen LogP contribution in [-0.2, 0) is 0 Å². The molecule has 0 radical (unpaired) electrons. The predicted molar refractivity (Wildman–Crippen MR) is 98.1 cm³/mol. The summed E-state index contributed by atoms with van der Waals surface area (Å²) < 4.78 is 37.8. The Morgan fingerprint density at radius 2 is 1.81 bits per heavy atom. The van der Waals surface area contributed by atoms with Gasteiger partial charge >= 0.3 is 0 Å². The van der Waals surface area contributed by atoms with Crippen LogP contribution in [0.1, 0.15) is 54.6 Å². The zero-order valence-electron chi connectivity index (χ0n) is 15.4. The van der Waals surface area contributed by atoms with Crippen molar-refractivity contribution in [3.63, 3.8) is 0 Å². The van der Waals surface area contributed by atoms with E-state index >= 15 is 0 Å². The van der Waals surface area contributed by atoms with E-state index in [0.717, 1.165) is 30.5 Å². The van der Waals surface area contributed by atoms with Gasteiger partial charge in [-0.25, -0.2) is 8.78 Å². The summed E-state index contributed by atoms with van der Waals surface area (Å²) in [5, 5.41) is 2.78. The first-order valence-corrected chi connectivity index (χ1v) is 9.08. The van der Waals surface area contributed by atoms with Crippen LogP contribution in [0.2, 0.25) is 0 Å². The largest absolute Gasteiger partial charge is 0.493 e. The second-order valence-electron chi connectivity index (χ2n) is 6.76. The van der Waals surface area contributed by atoms with Gasteiger partial charge < -0.3 is 14.8 Å². The molecule has 1 N–H and O–H groups in total. The predicted octanol–water partition coefficient (Wildman–Crippen LogP) is 4.79. The summed E-state index contributed by atoms with van der Waals surface area (Å²) in [6.45, 7) is 1.81. The number of carbonyl (C=O) groups is 1. The molecule has 1 amide bonds. The molecule has 4 nitrogen and oxygen atoms in total. The van der Waals surface area contributed by atoms with E-state index in [1.807, 2.05) is 25.1 Å². The standard InChI is InChI=1S/C21H23F2NO3/c1-13(24-21(25)15-7-9-17(22)18(23)11-15)14-8-10-19(20(12-14)26-2)27-16-5-3-4-6-16/h7-13,16H,3-6H2,1-2H3,(H,24,25). The molecule has 1 saturated carbocycles. The minimum absolute atomic E-state index is 0.0638. The maximum atomic E-state index is 13.3. The number of halogens is 2. The van der Waals surface area contributed by atoms with Crippen LogP contribution in [-0.4, -0.2) is 19.1 Å². The number of rotatable bonds is 6. The van der Waals surface area contributed by atoms with Gasteiger partial charge in [0.15, 0.2) is 23.1 Å². The lowest BCUT2D eigenvalue weighted by Gasteiger charge is -2.19. The van der Waals surface area contributed by atoms with Gasteiger partial charge in [-0.05, 0) is 68.5 Å². The number of carbonyl (C=O) groups excluding carboxylic acids is 1. The fourth-order valence-corrected chi connectivity index (χ4v) is 3.24. The quantitative estimate of drug-likeness (QED) is 0.790. The number of amides is 1. The summed E-state index contributed by atoms with van der Waals surface area (Å²) >= 11 is 0. The molecule has 2 aromatic rings. The van der Waals surface area contributed by atoms with Gasteiger partial charge in [-0.3, -0.25) is 4.79 Å². The molecule has 1 unspecified atom stereocenters. The van der Waals surface area contributed by atoms with E-state index in [9.17, 15) is 13.6 Å². The molecule has 144 valence electrons. The van der Waals surface area contributed by atoms with Crippen LogP contribution in [0.5, 0.6) is 11.5 Å². The topological polar surface area (TPSA) is 47.6 Å². The average Bonchev–Trinajstić information content (AvgIpc) is 3.17. The number of benzene rings is 2. The molecule has 1 aliphatic rings. The number of nitrogens with one attached hydrogen (secondary N) is 1. The molecule has 0 aromatic heterocycles. The molecule has 1 atom stereocenters. The van der Waals surface area contributed by atoms with Crippen molar-refractivity contribution in [3.05, 3.63) is 59.2 Å². The number of hydrogen-bond donors (Lipinski definition) is 1. The third-order valence-corrected chi connectivity index (χ3v) is 4.81. The Bertz CT molecular complexity index is 819. The van der Waals surface area contributed by atoms with Crippen LogP contribution in [0.25, 0.3) is 0 Å². The van der Waals surface area contributed by atoms with Crippen molar-refractivity contribution in [2.45, 2.75) is 44.8 Å². The monoisotopic (exact) mass is 375 g/mol. The molecule has 1 fully saturated rings. The smallest absolute Gasteiger partial charge is 0.251 e. The Morgan fingerprint density at radius 1 is 1.07 bits per heavy atom. The van der Waals surface area contributed by atoms with Crippen molar-refractivity contribution in [3.8, 4) is 11.5 Å². The van der Waals surface area contributed by atoms with Crippen molar-refractivity contribution in [2.75, 3.05) is 7.11 Å². The first-order chi connectivity index (χ1) is 13.0. The molecule has 0 heterocycles. The molecule has 0 aliphatic heterocycles. The van der Waals surface area contributed by atoms with Gasteiger partial charge in [0.25, 0.3) is 5.91 Å². The highest BCUT2D eigenvalue weighted by Gasteiger charge is 2.20. The highest BCUT2D eigenvalue weighted by molar-refractivity contribution is 5.94. The minimum atomic E-state index is -1.05. The van der Waals surface area contributed by atoms with E-state index in [-0.39, 0.29) is 17.7 Å². The summed E-state index contributed by atoms with van der Waals surface area (Å²) in [7, 11) is 1.57. The maximum Gasteiger partial charge on any atom is 0.251 e. The van der Waals surface area contributed by atoms with E-state index in [2.05, 4.69) is 5.32 Å². The second kappa shape index (κ2) is 8.37. The first-order valence-electron chi connectivity index (χ1n) is 9.08. The lowest BCUT2D eigenvalue weighted by atomic mass is 10.1. The second-order valence-corrected chi connectivity index (χ2v) is 6.76. The fourth-order valence-electron chi connectivity index (χ4n) is 3.24. The Labute approximate surface area is 157 Å². The number of methoxy groups -OCH3 is 1. The molecule has 0 spiro atoms. The molecule has 3 rings (SSSR count). The fraction of sp³-hybridized carbons (Fsp3) is 0.381. The SMILES string of the molecule is COc1cc(C(C)NC(=O)c2ccc(F)c(F)c2)ccc1OC1CCCC1. The number of hydrogen-bond acceptors (Lipinski definition) is 3. The molecular formula is C21H23F2NO3. The average molecular weight is 375 g/mol. The Morgan fingerprint density at radius 3 is 2.48 bits per heavy atom. The van der Waals surface area contributed by atoms with Crippen molar-refractivity contribution < 1.29 is 23.0 Å². The highest BCUT2D eigenvalue weighted by Crippen LogP contribution is 2.33. The zero-order valence-corrected chi connectivity index (χ0v) is 15.4. The van der Waals surface area contributed by atoms with Gasteiger partial charge in [-0.1, -0.05) is 6.07 Å². The summed E-state index contributed by atoms with van der Waals surface area (Å²) in [6.07, 6.45) is 4.67. The Hall–Kier alpha value is -2.63. The van der Waals surface area contributed by atoms with Gasteiger partial charge in [-0.15, -0.1) is 0 Å². The Balaban J connectivity index is 1.70. The van der Waals surface area contributed by atoms with E-state index in [0.29, 0.717) is 11.5 Å². The van der Waals surface area contributed by atoms with E-state index < -0.39 is 17.5 Å². The third-order valence-electron chi connectivity index (χ3n) is 4.81. The van der Waals surface area contributed by atoms with E-state index in [4.69, 9.17) is 9.47 Å². The zero-order chi connectivity index (χ0) is 19.4. The van der Waals surface area contributed by atoms with Crippen molar-refractivity contribution in [1.82, 2.24) is 5.32 Å². The van der Waals surface area contributed by atoms with Crippen molar-refractivity contribution >= 4 is 5.91 Å². The minimum Gasteiger partial charge on any atom is -0.493 e. The molecule has 6 heteroatoms. The first kappa shape index (κ1) is 19.1. The van der Waals surface area contributed by atoms with Crippen LogP contribution in [0.15, 0.2) is 36.4 Å². The summed E-state index contributed by atoms with van der Waals surface area (Å²) in [6, 6.07) is 8.25. The van der Waals surface area contributed by atoms with E-state index in [1.165, 1.54) is 18.9 Å². The number of ether oxygens (including phenoxy) is 2. The van der Waals surface area contributed by atoms with E-state index in [1.54, 1.807) is 7.11 Å². The van der Waals surface area contributed by atoms with Gasteiger partial charge in [0.05, 0.1) is 19.3 Å². The van der Waals surface area contributed by atoms with Crippen LogP contribution in [0.4, 0.5) is 8.78 Å². The third kappa shape index (κ3) is 4.56. The van der Waals surface area contributed by atoms with Crippen LogP contribution in [0, 0.1) is 11.6 Å². The van der Waals surface area contributed by atoms with Crippen LogP contribution < -0.4 is 14.8 Å². The Kier molecular flexibility index (Phi) is 5.94. The van der Waals surface area contributed by atoms with Crippen LogP contribution >= 0.6 is 0 Å².